The molecule has 4 atom stereocenters. The van der Waals surface area contributed by atoms with Gasteiger partial charge in [-0.1, -0.05) is 6.07 Å². The minimum absolute atomic E-state index is 0.0597. The fourth-order valence-corrected chi connectivity index (χ4v) is 6.14. The van der Waals surface area contributed by atoms with Crippen LogP contribution >= 0.6 is 0 Å². The Kier molecular flexibility index (Phi) is 8.16. The molecule has 0 radical (unpaired) electrons. The number of halogens is 7. The number of carbonyl (C=O) groups excluding carboxylic acids is 1. The summed E-state index contributed by atoms with van der Waals surface area (Å²) in [6.07, 6.45) is -7.62. The highest BCUT2D eigenvalue weighted by Crippen LogP contribution is 2.46. The van der Waals surface area contributed by atoms with E-state index in [1.54, 1.807) is 17.9 Å². The van der Waals surface area contributed by atoms with Crippen LogP contribution in [0.4, 0.5) is 35.5 Å². The topological polar surface area (TPSA) is 55.8 Å². The van der Waals surface area contributed by atoms with Crippen LogP contribution in [0.2, 0.25) is 0 Å². The van der Waals surface area contributed by atoms with Crippen molar-refractivity contribution in [3.8, 4) is 0 Å². The van der Waals surface area contributed by atoms with Crippen LogP contribution in [0.3, 0.4) is 0 Å². The summed E-state index contributed by atoms with van der Waals surface area (Å²) in [4.78, 5) is 16.6. The lowest BCUT2D eigenvalue weighted by atomic mass is 9.79. The second kappa shape index (κ2) is 10.8. The zero-order valence-electron chi connectivity index (χ0n) is 23.3. The van der Waals surface area contributed by atoms with Gasteiger partial charge in [0.15, 0.2) is 0 Å². The number of aryl methyl sites for hydroxylation is 1. The first-order chi connectivity index (χ1) is 18.9. The standard InChI is InChI=1S/C29H34F7N3O2/c1-17-11-22(30)5-6-23(17)24-15-27(8-7-26(3,16-40)37-27)9-10-39(24)25(41)38(4)18(2)19-12-20(28(31,32)33)14-21(13-19)29(34,35)36/h5-6,11-14,18,24,37,40H,7-10,15-16H2,1-4H3/t18-,24?,26?,27?/m1/s1. The van der Waals surface area contributed by atoms with E-state index in [0.717, 1.165) is 11.3 Å². The van der Waals surface area contributed by atoms with E-state index in [0.29, 0.717) is 42.5 Å². The molecule has 0 aromatic heterocycles. The van der Waals surface area contributed by atoms with Gasteiger partial charge in [0.1, 0.15) is 5.82 Å². The quantitative estimate of drug-likeness (QED) is 0.378. The third kappa shape index (κ3) is 6.33. The van der Waals surface area contributed by atoms with Crippen LogP contribution in [-0.2, 0) is 12.4 Å². The number of aliphatic hydroxyl groups excluding tert-OH is 1. The van der Waals surface area contributed by atoms with E-state index in [1.165, 1.54) is 26.1 Å². The molecule has 2 heterocycles. The number of hydrogen-bond donors (Lipinski definition) is 2. The van der Waals surface area contributed by atoms with Gasteiger partial charge < -0.3 is 20.2 Å². The van der Waals surface area contributed by atoms with Gasteiger partial charge >= 0.3 is 18.4 Å². The predicted molar refractivity (Wildman–Crippen MR) is 138 cm³/mol. The van der Waals surface area contributed by atoms with Gasteiger partial charge in [-0.3, -0.25) is 0 Å². The molecule has 2 aromatic rings. The largest absolute Gasteiger partial charge is 0.416 e. The molecule has 41 heavy (non-hydrogen) atoms. The second-order valence-electron chi connectivity index (χ2n) is 11.7. The number of piperidine rings is 1. The fraction of sp³-hybridized carbons (Fsp3) is 0.552. The van der Waals surface area contributed by atoms with Crippen molar-refractivity contribution >= 4 is 6.03 Å². The van der Waals surface area contributed by atoms with Crippen LogP contribution in [0.1, 0.15) is 79.4 Å². The average molecular weight is 590 g/mol. The highest BCUT2D eigenvalue weighted by atomic mass is 19.4. The second-order valence-corrected chi connectivity index (χ2v) is 11.7. The number of amides is 2. The van der Waals surface area contributed by atoms with Gasteiger partial charge in [-0.25, -0.2) is 9.18 Å². The molecule has 2 aromatic carbocycles. The lowest BCUT2D eigenvalue weighted by Gasteiger charge is -2.48. The van der Waals surface area contributed by atoms with Crippen LogP contribution < -0.4 is 5.32 Å². The number of urea groups is 1. The fourth-order valence-electron chi connectivity index (χ4n) is 6.14. The van der Waals surface area contributed by atoms with E-state index in [1.807, 2.05) is 6.92 Å². The van der Waals surface area contributed by atoms with Gasteiger partial charge in [0.05, 0.1) is 29.8 Å². The van der Waals surface area contributed by atoms with Gasteiger partial charge in [0.2, 0.25) is 0 Å². The van der Waals surface area contributed by atoms with E-state index < -0.39 is 58.5 Å². The molecular formula is C29H34F7N3O2. The normalized spacial score (nSPS) is 26.0. The number of nitrogens with zero attached hydrogens (tertiary/aromatic N) is 2. The van der Waals surface area contributed by atoms with Crippen molar-refractivity contribution in [1.82, 2.24) is 15.1 Å². The number of likely N-dealkylation sites (tertiary alicyclic amines) is 1. The minimum atomic E-state index is -5.01. The number of rotatable bonds is 4. The molecule has 2 fully saturated rings. The molecule has 5 nitrogen and oxygen atoms in total. The average Bonchev–Trinajstić information content (AvgIpc) is 3.22. The van der Waals surface area contributed by atoms with Gasteiger partial charge in [0.25, 0.3) is 0 Å². The smallest absolute Gasteiger partial charge is 0.394 e. The molecule has 12 heteroatoms. The molecule has 226 valence electrons. The third-order valence-electron chi connectivity index (χ3n) is 8.67. The molecule has 2 aliphatic heterocycles. The molecule has 2 aliphatic rings. The van der Waals surface area contributed by atoms with Crippen molar-refractivity contribution in [2.45, 2.75) is 82.0 Å². The Bertz CT molecular complexity index is 1270. The summed E-state index contributed by atoms with van der Waals surface area (Å²) in [7, 11) is 1.34. The summed E-state index contributed by atoms with van der Waals surface area (Å²) in [6.45, 7) is 5.17. The number of benzene rings is 2. The lowest BCUT2D eigenvalue weighted by Crippen LogP contribution is -2.58. The third-order valence-corrected chi connectivity index (χ3v) is 8.67. The summed E-state index contributed by atoms with van der Waals surface area (Å²) < 4.78 is 94.8. The molecule has 2 N–H and O–H groups in total. The van der Waals surface area contributed by atoms with Gasteiger partial charge in [-0.15, -0.1) is 0 Å². The lowest BCUT2D eigenvalue weighted by molar-refractivity contribution is -0.143. The van der Waals surface area contributed by atoms with Crippen LogP contribution in [0.15, 0.2) is 36.4 Å². The van der Waals surface area contributed by atoms with Crippen LogP contribution in [0.5, 0.6) is 0 Å². The van der Waals surface area contributed by atoms with Crippen molar-refractivity contribution in [3.05, 3.63) is 70.0 Å². The van der Waals surface area contributed by atoms with E-state index in [-0.39, 0.29) is 24.8 Å². The summed E-state index contributed by atoms with van der Waals surface area (Å²) in [5.41, 5.74) is -2.81. The van der Waals surface area contributed by atoms with E-state index in [9.17, 15) is 40.6 Å². The highest BCUT2D eigenvalue weighted by molar-refractivity contribution is 5.75. The number of alkyl halides is 6. The Labute approximate surface area is 234 Å². The van der Waals surface area contributed by atoms with Gasteiger partial charge in [-0.2, -0.15) is 26.3 Å². The summed E-state index contributed by atoms with van der Waals surface area (Å²) in [5.74, 6) is -0.447. The molecular weight excluding hydrogens is 555 g/mol. The molecule has 0 bridgehead atoms. The number of aliphatic hydroxyl groups is 1. The van der Waals surface area contributed by atoms with E-state index >= 15 is 0 Å². The maximum atomic E-state index is 14.0. The zero-order valence-corrected chi connectivity index (χ0v) is 23.3. The Hall–Kier alpha value is -2.86. The van der Waals surface area contributed by atoms with Gasteiger partial charge in [-0.05, 0) is 93.5 Å². The highest BCUT2D eigenvalue weighted by Gasteiger charge is 2.50. The monoisotopic (exact) mass is 589 g/mol. The van der Waals surface area contributed by atoms with E-state index in [4.69, 9.17) is 0 Å². The van der Waals surface area contributed by atoms with Crippen molar-refractivity contribution in [3.63, 3.8) is 0 Å². The summed E-state index contributed by atoms with van der Waals surface area (Å²) in [5, 5.41) is 13.5. The molecule has 0 aliphatic carbocycles. The first-order valence-corrected chi connectivity index (χ1v) is 13.4. The molecule has 2 amide bonds. The summed E-state index contributed by atoms with van der Waals surface area (Å²) in [6, 6.07) is 3.32. The molecule has 2 saturated heterocycles. The predicted octanol–water partition coefficient (Wildman–Crippen LogP) is 6.99. The van der Waals surface area contributed by atoms with Crippen molar-refractivity contribution < 1.29 is 40.6 Å². The molecule has 3 unspecified atom stereocenters. The Morgan fingerprint density at radius 1 is 1.07 bits per heavy atom. The SMILES string of the molecule is Cc1cc(F)ccc1C1CC2(CCN1C(=O)N(C)[C@H](C)c1cc(C(F)(F)F)cc(C(F)(F)F)c1)CCC(C)(CO)N2. The Morgan fingerprint density at radius 2 is 1.68 bits per heavy atom. The van der Waals surface area contributed by atoms with Crippen molar-refractivity contribution in [2.75, 3.05) is 20.2 Å². The van der Waals surface area contributed by atoms with Crippen LogP contribution in [0, 0.1) is 12.7 Å². The zero-order chi connectivity index (χ0) is 30.5. The first kappa shape index (κ1) is 31.1. The van der Waals surface area contributed by atoms with E-state index in [2.05, 4.69) is 5.32 Å². The number of hydrogen-bond acceptors (Lipinski definition) is 3. The molecule has 0 saturated carbocycles. The van der Waals surface area contributed by atoms with Crippen molar-refractivity contribution in [2.24, 2.45) is 0 Å². The number of nitrogens with one attached hydrogen (secondary N) is 1. The number of carbonyl (C=O) groups is 1. The Balaban J connectivity index is 1.68. The Morgan fingerprint density at radius 3 is 2.20 bits per heavy atom. The molecule has 1 spiro atoms. The van der Waals surface area contributed by atoms with Crippen LogP contribution in [0.25, 0.3) is 0 Å². The van der Waals surface area contributed by atoms with Gasteiger partial charge in [0, 0.05) is 24.7 Å². The van der Waals surface area contributed by atoms with Crippen LogP contribution in [-0.4, -0.2) is 52.2 Å². The maximum Gasteiger partial charge on any atom is 0.416 e. The maximum absolute atomic E-state index is 14.0. The first-order valence-electron chi connectivity index (χ1n) is 13.4. The minimum Gasteiger partial charge on any atom is -0.394 e. The summed E-state index contributed by atoms with van der Waals surface area (Å²) >= 11 is 0. The van der Waals surface area contributed by atoms with Crippen molar-refractivity contribution in [1.29, 1.82) is 0 Å². The molecule has 4 rings (SSSR count).